The lowest BCUT2D eigenvalue weighted by atomic mass is 10.0. The first-order valence-corrected chi connectivity index (χ1v) is 8.53. The lowest BCUT2D eigenvalue weighted by molar-refractivity contribution is -0.111. The van der Waals surface area contributed by atoms with Gasteiger partial charge in [-0.3, -0.25) is 14.8 Å². The second kappa shape index (κ2) is 8.92. The van der Waals surface area contributed by atoms with Crippen LogP contribution in [0, 0.1) is 0 Å². The number of hydrogen-bond donors (Lipinski definition) is 2. The van der Waals surface area contributed by atoms with Crippen LogP contribution in [0.25, 0.3) is 5.57 Å². The standard InChI is InChI=1S/C19H25N5O/c1-4-16(5-2)23-17-15(12-22-24-18(17)19(20)25)7-6-13(3)14-8-10-21-11-9-14/h6-11,16,22H,4-5,12H2,1-3H3,(H2,20,25)/b13-6+,15-7+,23-17?. The van der Waals surface area contributed by atoms with Gasteiger partial charge in [0, 0.05) is 18.0 Å². The van der Waals surface area contributed by atoms with E-state index in [0.717, 1.165) is 29.6 Å². The molecule has 0 saturated carbocycles. The normalized spacial score (nSPS) is 18.4. The van der Waals surface area contributed by atoms with Crippen LogP contribution in [0.1, 0.15) is 39.2 Å². The minimum atomic E-state index is -0.572. The van der Waals surface area contributed by atoms with Crippen molar-refractivity contribution in [2.75, 3.05) is 6.54 Å². The van der Waals surface area contributed by atoms with Crippen LogP contribution < -0.4 is 11.2 Å². The van der Waals surface area contributed by atoms with Gasteiger partial charge in [0.25, 0.3) is 5.91 Å². The number of primary amides is 1. The molecule has 0 radical (unpaired) electrons. The lowest BCUT2D eigenvalue weighted by Crippen LogP contribution is -2.40. The average molecular weight is 339 g/mol. The highest BCUT2D eigenvalue weighted by atomic mass is 16.1. The van der Waals surface area contributed by atoms with Gasteiger partial charge < -0.3 is 11.2 Å². The van der Waals surface area contributed by atoms with Crippen LogP contribution in [0.5, 0.6) is 0 Å². The zero-order chi connectivity index (χ0) is 18.2. The number of amides is 1. The van der Waals surface area contributed by atoms with Gasteiger partial charge in [-0.2, -0.15) is 5.10 Å². The Morgan fingerprint density at radius 1 is 1.36 bits per heavy atom. The smallest absolute Gasteiger partial charge is 0.271 e. The fraction of sp³-hybridized carbons (Fsp3) is 0.368. The third kappa shape index (κ3) is 4.86. The van der Waals surface area contributed by atoms with Crippen LogP contribution >= 0.6 is 0 Å². The summed E-state index contributed by atoms with van der Waals surface area (Å²) >= 11 is 0. The quantitative estimate of drug-likeness (QED) is 0.834. The van der Waals surface area contributed by atoms with Gasteiger partial charge in [0.15, 0.2) is 5.71 Å². The topological polar surface area (TPSA) is 92.7 Å². The van der Waals surface area contributed by atoms with Crippen LogP contribution in [0.4, 0.5) is 0 Å². The molecule has 0 spiro atoms. The Morgan fingerprint density at radius 3 is 2.64 bits per heavy atom. The van der Waals surface area contributed by atoms with Crippen molar-refractivity contribution in [3.05, 3.63) is 47.8 Å². The highest BCUT2D eigenvalue weighted by molar-refractivity contribution is 6.70. The molecule has 1 aromatic heterocycles. The number of carbonyl (C=O) groups is 1. The maximum absolute atomic E-state index is 11.7. The molecule has 0 bridgehead atoms. The lowest BCUT2D eigenvalue weighted by Gasteiger charge is -2.19. The Bertz CT molecular complexity index is 727. The van der Waals surface area contributed by atoms with Crippen LogP contribution in [-0.2, 0) is 4.79 Å². The van der Waals surface area contributed by atoms with E-state index in [2.05, 4.69) is 29.4 Å². The third-order valence-corrected chi connectivity index (χ3v) is 4.15. The van der Waals surface area contributed by atoms with E-state index < -0.39 is 5.91 Å². The molecule has 0 saturated heterocycles. The van der Waals surface area contributed by atoms with E-state index in [-0.39, 0.29) is 11.8 Å². The predicted molar refractivity (Wildman–Crippen MR) is 102 cm³/mol. The number of nitrogens with one attached hydrogen (secondary N) is 1. The fourth-order valence-electron chi connectivity index (χ4n) is 2.54. The van der Waals surface area contributed by atoms with Gasteiger partial charge in [-0.1, -0.05) is 26.0 Å². The van der Waals surface area contributed by atoms with Crippen molar-refractivity contribution in [1.29, 1.82) is 0 Å². The number of pyridine rings is 1. The molecule has 1 aromatic rings. The molecule has 6 nitrogen and oxygen atoms in total. The van der Waals surface area contributed by atoms with Crippen LogP contribution in [0.2, 0.25) is 0 Å². The van der Waals surface area contributed by atoms with Crippen molar-refractivity contribution in [2.24, 2.45) is 15.8 Å². The van der Waals surface area contributed by atoms with Gasteiger partial charge in [0.1, 0.15) is 0 Å². The first-order chi connectivity index (χ1) is 12.1. The molecule has 1 aliphatic rings. The zero-order valence-corrected chi connectivity index (χ0v) is 15.0. The number of carbonyl (C=O) groups excluding carboxylic acids is 1. The second-order valence-corrected chi connectivity index (χ2v) is 5.89. The summed E-state index contributed by atoms with van der Waals surface area (Å²) in [4.78, 5) is 20.5. The highest BCUT2D eigenvalue weighted by Crippen LogP contribution is 2.15. The first kappa shape index (κ1) is 18.6. The van der Waals surface area contributed by atoms with Gasteiger partial charge in [-0.15, -0.1) is 0 Å². The van der Waals surface area contributed by atoms with E-state index >= 15 is 0 Å². The summed E-state index contributed by atoms with van der Waals surface area (Å²) in [6.07, 6.45) is 9.32. The van der Waals surface area contributed by atoms with Gasteiger partial charge in [0.2, 0.25) is 0 Å². The van der Waals surface area contributed by atoms with E-state index in [1.54, 1.807) is 12.4 Å². The molecule has 3 N–H and O–H groups in total. The monoisotopic (exact) mass is 339 g/mol. The molecular formula is C19H25N5O. The summed E-state index contributed by atoms with van der Waals surface area (Å²) < 4.78 is 0. The maximum Gasteiger partial charge on any atom is 0.271 e. The summed E-state index contributed by atoms with van der Waals surface area (Å²) in [6, 6.07) is 4.06. The third-order valence-electron chi connectivity index (χ3n) is 4.15. The number of hydrazone groups is 1. The molecule has 2 rings (SSSR count). The molecule has 0 aromatic carbocycles. The Kier molecular flexibility index (Phi) is 6.62. The zero-order valence-electron chi connectivity index (χ0n) is 15.0. The largest absolute Gasteiger partial charge is 0.364 e. The Hall–Kier alpha value is -2.76. The Balaban J connectivity index is 2.40. The van der Waals surface area contributed by atoms with Crippen LogP contribution in [0.3, 0.4) is 0 Å². The van der Waals surface area contributed by atoms with Crippen molar-refractivity contribution in [3.8, 4) is 0 Å². The summed E-state index contributed by atoms with van der Waals surface area (Å²) in [6.45, 7) is 6.70. The minimum absolute atomic E-state index is 0.145. The summed E-state index contributed by atoms with van der Waals surface area (Å²) in [5, 5.41) is 4.06. The van der Waals surface area contributed by atoms with Crippen molar-refractivity contribution < 1.29 is 4.79 Å². The van der Waals surface area contributed by atoms with Gasteiger partial charge >= 0.3 is 0 Å². The number of allylic oxidation sites excluding steroid dienone is 3. The maximum atomic E-state index is 11.7. The SMILES string of the molecule is CCC(CC)N=C1C(C(N)=O)=NNC/C1=C\C=C(/C)c1ccncc1. The van der Waals surface area contributed by atoms with E-state index in [1.165, 1.54) is 0 Å². The Labute approximate surface area is 148 Å². The molecule has 0 fully saturated rings. The average Bonchev–Trinajstić information content (AvgIpc) is 2.64. The summed E-state index contributed by atoms with van der Waals surface area (Å²) in [5.74, 6) is -0.572. The van der Waals surface area contributed by atoms with Gasteiger partial charge in [-0.25, -0.2) is 0 Å². The molecule has 25 heavy (non-hydrogen) atoms. The van der Waals surface area contributed by atoms with Crippen molar-refractivity contribution >= 4 is 22.9 Å². The van der Waals surface area contributed by atoms with E-state index in [0.29, 0.717) is 12.3 Å². The minimum Gasteiger partial charge on any atom is -0.364 e. The molecule has 0 unspecified atom stereocenters. The molecule has 0 atom stereocenters. The summed E-state index contributed by atoms with van der Waals surface area (Å²) in [7, 11) is 0. The Morgan fingerprint density at radius 2 is 2.04 bits per heavy atom. The van der Waals surface area contributed by atoms with E-state index in [9.17, 15) is 4.79 Å². The molecule has 6 heteroatoms. The molecule has 2 heterocycles. The summed E-state index contributed by atoms with van der Waals surface area (Å²) in [5.41, 5.74) is 12.2. The van der Waals surface area contributed by atoms with Gasteiger partial charge in [-0.05, 0) is 43.0 Å². The number of aliphatic imine (C=N–C) groups is 1. The molecule has 1 aliphatic heterocycles. The van der Waals surface area contributed by atoms with Crippen molar-refractivity contribution in [3.63, 3.8) is 0 Å². The van der Waals surface area contributed by atoms with Crippen molar-refractivity contribution in [2.45, 2.75) is 39.7 Å². The van der Waals surface area contributed by atoms with E-state index in [1.807, 2.05) is 31.2 Å². The molecule has 132 valence electrons. The predicted octanol–water partition coefficient (Wildman–Crippen LogP) is 2.49. The number of hydrogen-bond acceptors (Lipinski definition) is 5. The number of aromatic nitrogens is 1. The number of nitrogens with zero attached hydrogens (tertiary/aromatic N) is 3. The van der Waals surface area contributed by atoms with Crippen LogP contribution in [-0.4, -0.2) is 34.9 Å². The number of rotatable bonds is 6. The van der Waals surface area contributed by atoms with Gasteiger partial charge in [0.05, 0.1) is 18.3 Å². The molecule has 0 aliphatic carbocycles. The van der Waals surface area contributed by atoms with Crippen LogP contribution in [0.15, 0.2) is 52.3 Å². The fourth-order valence-corrected chi connectivity index (χ4v) is 2.54. The van der Waals surface area contributed by atoms with Crippen molar-refractivity contribution in [1.82, 2.24) is 10.4 Å². The molecule has 1 amide bonds. The molecular weight excluding hydrogens is 314 g/mol. The second-order valence-electron chi connectivity index (χ2n) is 5.89. The first-order valence-electron chi connectivity index (χ1n) is 8.53. The number of nitrogens with two attached hydrogens (primary N) is 1. The highest BCUT2D eigenvalue weighted by Gasteiger charge is 2.23. The van der Waals surface area contributed by atoms with E-state index in [4.69, 9.17) is 10.7 Å².